The predicted molar refractivity (Wildman–Crippen MR) is 144 cm³/mol. The molecule has 0 saturated carbocycles. The van der Waals surface area contributed by atoms with Gasteiger partial charge in [0.25, 0.3) is 0 Å². The molecule has 14 nitrogen and oxygen atoms in total. The molecule has 1 aliphatic rings. The summed E-state index contributed by atoms with van der Waals surface area (Å²) in [6.45, 7) is 4.50. The van der Waals surface area contributed by atoms with E-state index >= 15 is 0 Å². The highest BCUT2D eigenvalue weighted by molar-refractivity contribution is 7.99. The monoisotopic (exact) mass is 591 g/mol. The number of rotatable bonds is 12. The number of aromatic nitrogens is 3. The van der Waals surface area contributed by atoms with Crippen molar-refractivity contribution in [3.8, 4) is 0 Å². The number of ether oxygens (including phenoxy) is 4. The van der Waals surface area contributed by atoms with E-state index in [1.54, 1.807) is 0 Å². The fourth-order valence-corrected chi connectivity index (χ4v) is 4.95. The smallest absolute Gasteiger partial charge is 0.303 e. The number of amides is 2. The van der Waals surface area contributed by atoms with E-state index in [1.807, 2.05) is 30.3 Å². The average molecular weight is 592 g/mol. The van der Waals surface area contributed by atoms with Gasteiger partial charge in [-0.25, -0.2) is 4.68 Å². The molecular formula is C26H33N5O9S. The van der Waals surface area contributed by atoms with Gasteiger partial charge in [-0.15, -0.1) is 16.9 Å². The fraction of sp³-hybridized carbons (Fsp3) is 0.500. The summed E-state index contributed by atoms with van der Waals surface area (Å²) in [6, 6.07) is 8.71. The van der Waals surface area contributed by atoms with Crippen LogP contribution in [-0.4, -0.2) is 81.4 Å². The molecule has 2 amide bonds. The summed E-state index contributed by atoms with van der Waals surface area (Å²) in [7, 11) is 0. The molecule has 2 aromatic rings. The number of thioether (sulfide) groups is 1. The molecular weight excluding hydrogens is 558 g/mol. The number of carbonyl (C=O) groups is 5. The molecule has 0 aliphatic carbocycles. The van der Waals surface area contributed by atoms with Crippen LogP contribution in [0.5, 0.6) is 0 Å². The molecule has 1 saturated heterocycles. The Morgan fingerprint density at radius 1 is 0.976 bits per heavy atom. The second-order valence-electron chi connectivity index (χ2n) is 9.19. The lowest BCUT2D eigenvalue weighted by Gasteiger charge is -2.45. The Labute approximate surface area is 240 Å². The Hall–Kier alpha value is -3.98. The van der Waals surface area contributed by atoms with Crippen LogP contribution in [0.1, 0.15) is 45.2 Å². The third kappa shape index (κ3) is 9.86. The molecule has 3 rings (SSSR count). The third-order valence-electron chi connectivity index (χ3n) is 5.72. The van der Waals surface area contributed by atoms with Gasteiger partial charge in [-0.2, -0.15) is 0 Å². The topological polar surface area (TPSA) is 177 Å². The number of hydrogen-bond donors (Lipinski definition) is 2. The van der Waals surface area contributed by atoms with E-state index in [9.17, 15) is 24.0 Å². The molecule has 2 heterocycles. The Morgan fingerprint density at radius 2 is 1.66 bits per heavy atom. The van der Waals surface area contributed by atoms with E-state index < -0.39 is 54.4 Å². The maximum Gasteiger partial charge on any atom is 0.303 e. The molecule has 1 aromatic carbocycles. The van der Waals surface area contributed by atoms with Crippen molar-refractivity contribution >= 4 is 41.5 Å². The fourth-order valence-electron chi connectivity index (χ4n) is 4.13. The van der Waals surface area contributed by atoms with Gasteiger partial charge in [0.2, 0.25) is 11.8 Å². The third-order valence-corrected chi connectivity index (χ3v) is 6.72. The normalized spacial score (nSPS) is 21.8. The van der Waals surface area contributed by atoms with Crippen molar-refractivity contribution in [1.82, 2.24) is 25.6 Å². The molecule has 0 spiro atoms. The minimum atomic E-state index is -1.23. The van der Waals surface area contributed by atoms with Gasteiger partial charge in [0, 0.05) is 33.4 Å². The summed E-state index contributed by atoms with van der Waals surface area (Å²) in [5, 5.41) is 13.6. The largest absolute Gasteiger partial charge is 0.463 e. The molecule has 0 bridgehead atoms. The lowest BCUT2D eigenvalue weighted by molar-refractivity contribution is -0.239. The van der Waals surface area contributed by atoms with Crippen LogP contribution in [0.4, 0.5) is 0 Å². The van der Waals surface area contributed by atoms with Gasteiger partial charge in [0.15, 0.2) is 18.4 Å². The van der Waals surface area contributed by atoms with E-state index in [1.165, 1.54) is 36.5 Å². The summed E-state index contributed by atoms with van der Waals surface area (Å²) in [5.74, 6) is -1.75. The molecule has 2 N–H and O–H groups in total. The first-order valence-corrected chi connectivity index (χ1v) is 13.9. The van der Waals surface area contributed by atoms with Crippen LogP contribution < -0.4 is 10.6 Å². The van der Waals surface area contributed by atoms with E-state index in [0.717, 1.165) is 19.4 Å². The van der Waals surface area contributed by atoms with Crippen LogP contribution >= 0.6 is 11.8 Å². The quantitative estimate of drug-likeness (QED) is 0.261. The Kier molecular flexibility index (Phi) is 11.6. The molecule has 1 fully saturated rings. The van der Waals surface area contributed by atoms with Crippen LogP contribution in [0.2, 0.25) is 0 Å². The van der Waals surface area contributed by atoms with Gasteiger partial charge >= 0.3 is 17.9 Å². The van der Waals surface area contributed by atoms with Crippen LogP contribution in [0.25, 0.3) is 0 Å². The lowest BCUT2D eigenvalue weighted by Crippen LogP contribution is -2.64. The van der Waals surface area contributed by atoms with Gasteiger partial charge in [-0.1, -0.05) is 35.5 Å². The van der Waals surface area contributed by atoms with Gasteiger partial charge in [0.1, 0.15) is 24.4 Å². The molecule has 41 heavy (non-hydrogen) atoms. The van der Waals surface area contributed by atoms with Crippen LogP contribution in [-0.2, 0) is 55.2 Å². The van der Waals surface area contributed by atoms with Crippen LogP contribution in [0.3, 0.4) is 0 Å². The van der Waals surface area contributed by atoms with Gasteiger partial charge in [0.05, 0.1) is 18.5 Å². The number of nitrogens with one attached hydrogen (secondary N) is 2. The summed E-state index contributed by atoms with van der Waals surface area (Å²) >= 11 is 1.47. The van der Waals surface area contributed by atoms with Gasteiger partial charge in [-0.05, 0) is 5.56 Å². The second-order valence-corrected chi connectivity index (χ2v) is 10.2. The maximum absolute atomic E-state index is 12.3. The molecule has 1 aliphatic heterocycles. The second kappa shape index (κ2) is 15.1. The number of hydrogen-bond acceptors (Lipinski definition) is 12. The van der Waals surface area contributed by atoms with Crippen LogP contribution in [0.15, 0.2) is 36.5 Å². The van der Waals surface area contributed by atoms with Gasteiger partial charge in [-0.3, -0.25) is 24.0 Å². The molecule has 15 heteroatoms. The van der Waals surface area contributed by atoms with E-state index in [4.69, 9.17) is 18.9 Å². The predicted octanol–water partition coefficient (Wildman–Crippen LogP) is 0.656. The summed E-state index contributed by atoms with van der Waals surface area (Å²) in [6.07, 6.45) is -3.16. The highest BCUT2D eigenvalue weighted by atomic mass is 32.2. The van der Waals surface area contributed by atoms with E-state index in [0.29, 0.717) is 11.4 Å². The van der Waals surface area contributed by atoms with Crippen molar-refractivity contribution in [2.24, 2.45) is 0 Å². The van der Waals surface area contributed by atoms with Crippen molar-refractivity contribution in [3.05, 3.63) is 47.8 Å². The van der Waals surface area contributed by atoms with Crippen molar-refractivity contribution in [2.45, 2.75) is 70.6 Å². The minimum Gasteiger partial charge on any atom is -0.463 e. The number of benzene rings is 1. The molecule has 1 aromatic heterocycles. The average Bonchev–Trinajstić information content (AvgIpc) is 3.37. The lowest BCUT2D eigenvalue weighted by atomic mass is 9.95. The van der Waals surface area contributed by atoms with Crippen LogP contribution in [0, 0.1) is 0 Å². The maximum atomic E-state index is 12.3. The Balaban J connectivity index is 1.75. The number of esters is 3. The molecule has 0 radical (unpaired) electrons. The number of carbonyl (C=O) groups excluding carboxylic acids is 5. The van der Waals surface area contributed by atoms with Crippen molar-refractivity contribution < 1.29 is 42.9 Å². The highest BCUT2D eigenvalue weighted by Crippen LogP contribution is 2.32. The Bertz CT molecular complexity index is 1220. The molecule has 5 atom stereocenters. The van der Waals surface area contributed by atoms with Crippen molar-refractivity contribution in [3.63, 3.8) is 0 Å². The molecule has 2 unspecified atom stereocenters. The summed E-state index contributed by atoms with van der Waals surface area (Å²) < 4.78 is 23.4. The zero-order valence-electron chi connectivity index (χ0n) is 23.1. The first-order valence-electron chi connectivity index (χ1n) is 12.7. The Morgan fingerprint density at radius 3 is 2.29 bits per heavy atom. The first kappa shape index (κ1) is 31.5. The van der Waals surface area contributed by atoms with Gasteiger partial charge < -0.3 is 29.6 Å². The van der Waals surface area contributed by atoms with E-state index in [-0.39, 0.29) is 24.8 Å². The summed E-state index contributed by atoms with van der Waals surface area (Å²) in [4.78, 5) is 59.9. The number of nitrogens with zero attached hydrogens (tertiary/aromatic N) is 3. The standard InChI is InChI=1S/C26H33N5O9S/c1-15(32)28-23-25(39-18(4)35)24(38-17(3)34)21(12-37-16(2)33)40-26(23)31-11-20(29-30-31)10-27-22(36)14-41-13-19-8-6-5-7-9-19/h5-9,11,21,23-26H,10,12-14H2,1-4H3,(H,27,36)(H,28,32)/t21?,23?,24-,25+,26+/m0/s1. The zero-order valence-corrected chi connectivity index (χ0v) is 23.9. The van der Waals surface area contributed by atoms with Crippen molar-refractivity contribution in [2.75, 3.05) is 12.4 Å². The molecule has 222 valence electrons. The van der Waals surface area contributed by atoms with Crippen molar-refractivity contribution in [1.29, 1.82) is 0 Å². The zero-order chi connectivity index (χ0) is 29.9. The minimum absolute atomic E-state index is 0.0720. The highest BCUT2D eigenvalue weighted by Gasteiger charge is 2.51. The first-order chi connectivity index (χ1) is 19.5. The summed E-state index contributed by atoms with van der Waals surface area (Å²) in [5.41, 5.74) is 1.50. The SMILES string of the molecule is CC(=O)NC1[C@@H](OC(C)=O)[C@@H](OC(C)=O)C(COC(C)=O)O[C@H]1n1cc(CNC(=O)CSCc2ccccc2)nn1. The van der Waals surface area contributed by atoms with E-state index in [2.05, 4.69) is 20.9 Å².